The molecule has 0 atom stereocenters. The van der Waals surface area contributed by atoms with Gasteiger partial charge in [-0.25, -0.2) is 4.79 Å². The Morgan fingerprint density at radius 1 is 1.44 bits per heavy atom. The predicted molar refractivity (Wildman–Crippen MR) is 66.7 cm³/mol. The summed E-state index contributed by atoms with van der Waals surface area (Å²) in [6.45, 7) is 0. The van der Waals surface area contributed by atoms with Gasteiger partial charge in [-0.2, -0.15) is 0 Å². The van der Waals surface area contributed by atoms with Crippen molar-refractivity contribution in [1.29, 1.82) is 0 Å². The number of carbonyl (C=O) groups is 2. The highest BCUT2D eigenvalue weighted by molar-refractivity contribution is 7.12. The maximum atomic E-state index is 12.2. The number of aromatic nitrogens is 1. The monoisotopic (exact) mass is 265 g/mol. The van der Waals surface area contributed by atoms with Crippen LogP contribution in [0.1, 0.15) is 25.7 Å². The van der Waals surface area contributed by atoms with Crippen LogP contribution in [-0.2, 0) is 7.05 Å². The third-order valence-electron chi connectivity index (χ3n) is 2.54. The molecule has 2 aromatic heterocycles. The van der Waals surface area contributed by atoms with Gasteiger partial charge in [-0.15, -0.1) is 11.3 Å². The van der Waals surface area contributed by atoms with Crippen LogP contribution in [0.25, 0.3) is 0 Å². The molecule has 0 spiro atoms. The van der Waals surface area contributed by atoms with E-state index in [0.29, 0.717) is 16.2 Å². The van der Waals surface area contributed by atoms with Gasteiger partial charge in [-0.3, -0.25) is 4.79 Å². The number of methoxy groups -OCH3 is 1. The Hall–Kier alpha value is -2.08. The van der Waals surface area contributed by atoms with Crippen LogP contribution in [0.15, 0.2) is 23.7 Å². The second kappa shape index (κ2) is 4.66. The topological polar surface area (TPSA) is 68.5 Å². The number of aromatic carboxylic acids is 1. The summed E-state index contributed by atoms with van der Waals surface area (Å²) < 4.78 is 6.49. The van der Waals surface area contributed by atoms with Gasteiger partial charge < -0.3 is 14.4 Å². The minimum absolute atomic E-state index is 0.0777. The Bertz CT molecular complexity index is 611. The fraction of sp³-hybridized carbons (Fsp3) is 0.167. The highest BCUT2D eigenvalue weighted by atomic mass is 32.1. The fourth-order valence-electron chi connectivity index (χ4n) is 1.66. The predicted octanol–water partition coefficient (Wildman–Crippen LogP) is 2.02. The number of hydrogen-bond donors (Lipinski definition) is 1. The molecule has 0 aliphatic carbocycles. The molecule has 0 saturated carbocycles. The zero-order chi connectivity index (χ0) is 13.3. The molecule has 18 heavy (non-hydrogen) atoms. The number of hydrogen-bond acceptors (Lipinski definition) is 4. The number of ether oxygens (including phenoxy) is 1. The van der Waals surface area contributed by atoms with E-state index in [-0.39, 0.29) is 11.5 Å². The highest BCUT2D eigenvalue weighted by Crippen LogP contribution is 2.27. The van der Waals surface area contributed by atoms with E-state index in [1.807, 2.05) is 0 Å². The lowest BCUT2D eigenvalue weighted by Gasteiger charge is -1.99. The summed E-state index contributed by atoms with van der Waals surface area (Å²) in [5.74, 6) is -0.787. The van der Waals surface area contributed by atoms with Crippen molar-refractivity contribution in [2.45, 2.75) is 0 Å². The second-order valence-electron chi connectivity index (χ2n) is 3.68. The van der Waals surface area contributed by atoms with Gasteiger partial charge in [0.25, 0.3) is 0 Å². The molecule has 1 N–H and O–H groups in total. The highest BCUT2D eigenvalue weighted by Gasteiger charge is 2.20. The third-order valence-corrected chi connectivity index (χ3v) is 3.44. The minimum atomic E-state index is -1.06. The number of carboxylic acid groups (broad SMARTS) is 1. The van der Waals surface area contributed by atoms with Gasteiger partial charge >= 0.3 is 5.97 Å². The number of rotatable bonds is 4. The van der Waals surface area contributed by atoms with Gasteiger partial charge in [-0.1, -0.05) is 0 Å². The van der Waals surface area contributed by atoms with Crippen LogP contribution in [0, 0.1) is 0 Å². The Morgan fingerprint density at radius 3 is 2.72 bits per heavy atom. The van der Waals surface area contributed by atoms with E-state index in [0.717, 1.165) is 0 Å². The number of aryl methyl sites for hydroxylation is 1. The van der Waals surface area contributed by atoms with Gasteiger partial charge in [0, 0.05) is 18.8 Å². The van der Waals surface area contributed by atoms with Gasteiger partial charge in [0.05, 0.1) is 7.11 Å². The van der Waals surface area contributed by atoms with Gasteiger partial charge in [-0.05, 0) is 17.5 Å². The van der Waals surface area contributed by atoms with Crippen LogP contribution in [-0.4, -0.2) is 28.5 Å². The number of carbonyl (C=O) groups excluding carboxylic acids is 1. The molecule has 0 amide bonds. The molecule has 2 rings (SSSR count). The summed E-state index contributed by atoms with van der Waals surface area (Å²) in [6, 6.07) is 3.07. The first-order valence-corrected chi connectivity index (χ1v) is 5.98. The molecule has 94 valence electrons. The van der Waals surface area contributed by atoms with Crippen LogP contribution in [0.5, 0.6) is 5.75 Å². The van der Waals surface area contributed by atoms with Gasteiger partial charge in [0.15, 0.2) is 0 Å². The fourth-order valence-corrected chi connectivity index (χ4v) is 2.48. The molecule has 0 aromatic carbocycles. The molecule has 2 aromatic rings. The van der Waals surface area contributed by atoms with Crippen molar-refractivity contribution in [2.75, 3.05) is 7.11 Å². The lowest BCUT2D eigenvalue weighted by atomic mass is 10.2. The lowest BCUT2D eigenvalue weighted by molar-refractivity contribution is 0.0686. The minimum Gasteiger partial charge on any atom is -0.495 e. The quantitative estimate of drug-likeness (QED) is 0.859. The van der Waals surface area contributed by atoms with Crippen molar-refractivity contribution >= 4 is 23.1 Å². The lowest BCUT2D eigenvalue weighted by Crippen LogP contribution is -2.02. The van der Waals surface area contributed by atoms with Crippen molar-refractivity contribution in [2.24, 2.45) is 7.05 Å². The van der Waals surface area contributed by atoms with Crippen LogP contribution in [0.4, 0.5) is 0 Å². The molecule has 0 bridgehead atoms. The maximum Gasteiger partial charge on any atom is 0.352 e. The zero-order valence-corrected chi connectivity index (χ0v) is 10.7. The molecule has 0 saturated heterocycles. The molecule has 0 unspecified atom stereocenters. The second-order valence-corrected chi connectivity index (χ2v) is 4.59. The SMILES string of the molecule is COc1ccsc1C(=O)c1cc(C(=O)O)n(C)c1. The van der Waals surface area contributed by atoms with E-state index in [1.54, 1.807) is 18.5 Å². The normalized spacial score (nSPS) is 10.3. The number of nitrogens with zero attached hydrogens (tertiary/aromatic N) is 1. The molecular weight excluding hydrogens is 254 g/mol. The summed E-state index contributed by atoms with van der Waals surface area (Å²) in [5.41, 5.74) is 0.421. The number of ketones is 1. The summed E-state index contributed by atoms with van der Waals surface area (Å²) in [7, 11) is 3.08. The Balaban J connectivity index is 2.41. The molecule has 0 fully saturated rings. The molecule has 2 heterocycles. The summed E-state index contributed by atoms with van der Waals surface area (Å²) in [5, 5.41) is 10.7. The van der Waals surface area contributed by atoms with E-state index in [2.05, 4.69) is 0 Å². The first-order chi connectivity index (χ1) is 8.54. The molecule has 0 aliphatic heterocycles. The Morgan fingerprint density at radius 2 is 2.17 bits per heavy atom. The Kier molecular flexibility index (Phi) is 3.20. The van der Waals surface area contributed by atoms with Crippen molar-refractivity contribution in [3.8, 4) is 5.75 Å². The van der Waals surface area contributed by atoms with Crippen LogP contribution >= 0.6 is 11.3 Å². The van der Waals surface area contributed by atoms with E-state index in [4.69, 9.17) is 9.84 Å². The summed E-state index contributed by atoms with van der Waals surface area (Å²) in [6.07, 6.45) is 1.50. The van der Waals surface area contributed by atoms with Gasteiger partial charge in [0.2, 0.25) is 5.78 Å². The van der Waals surface area contributed by atoms with E-state index < -0.39 is 5.97 Å². The zero-order valence-electron chi connectivity index (χ0n) is 9.84. The average Bonchev–Trinajstić information content (AvgIpc) is 2.93. The molecule has 6 heteroatoms. The van der Waals surface area contributed by atoms with Crippen LogP contribution < -0.4 is 4.74 Å². The first kappa shape index (κ1) is 12.4. The Labute approximate surface area is 107 Å². The van der Waals surface area contributed by atoms with Crippen molar-refractivity contribution in [1.82, 2.24) is 4.57 Å². The molecule has 0 radical (unpaired) electrons. The van der Waals surface area contributed by atoms with Crippen molar-refractivity contribution in [3.05, 3.63) is 39.8 Å². The molecular formula is C12H11NO4S. The average molecular weight is 265 g/mol. The van der Waals surface area contributed by atoms with E-state index in [9.17, 15) is 9.59 Å². The summed E-state index contributed by atoms with van der Waals surface area (Å²) in [4.78, 5) is 23.6. The number of carboxylic acids is 1. The van der Waals surface area contributed by atoms with Crippen molar-refractivity contribution < 1.29 is 19.4 Å². The molecule has 0 aliphatic rings. The van der Waals surface area contributed by atoms with E-state index >= 15 is 0 Å². The summed E-state index contributed by atoms with van der Waals surface area (Å²) >= 11 is 1.27. The van der Waals surface area contributed by atoms with Gasteiger partial charge in [0.1, 0.15) is 16.3 Å². The smallest absolute Gasteiger partial charge is 0.352 e. The standard InChI is InChI=1S/C12H11NO4S/c1-13-6-7(5-8(13)12(15)16)10(14)11-9(17-2)3-4-18-11/h3-6H,1-2H3,(H,15,16). The maximum absolute atomic E-state index is 12.2. The number of thiophene rings is 1. The van der Waals surface area contributed by atoms with E-state index in [1.165, 1.54) is 35.3 Å². The third kappa shape index (κ3) is 2.02. The van der Waals surface area contributed by atoms with Crippen LogP contribution in [0.2, 0.25) is 0 Å². The largest absolute Gasteiger partial charge is 0.495 e. The van der Waals surface area contributed by atoms with Crippen molar-refractivity contribution in [3.63, 3.8) is 0 Å². The molecule has 5 nitrogen and oxygen atoms in total. The van der Waals surface area contributed by atoms with Crippen LogP contribution in [0.3, 0.4) is 0 Å². The first-order valence-electron chi connectivity index (χ1n) is 5.10.